The van der Waals surface area contributed by atoms with Crippen LogP contribution in [0.15, 0.2) is 42.7 Å². The third-order valence-electron chi connectivity index (χ3n) is 2.86. The van der Waals surface area contributed by atoms with E-state index in [0.29, 0.717) is 13.0 Å². The average Bonchev–Trinajstić information content (AvgIpc) is 2.83. The van der Waals surface area contributed by atoms with Crippen LogP contribution in [0.5, 0.6) is 0 Å². The Balaban J connectivity index is 0.00000200. The topological polar surface area (TPSA) is 72.9 Å². The van der Waals surface area contributed by atoms with E-state index in [-0.39, 0.29) is 18.3 Å². The number of benzene rings is 1. The summed E-state index contributed by atoms with van der Waals surface area (Å²) in [4.78, 5) is 11.9. The van der Waals surface area contributed by atoms with Crippen LogP contribution >= 0.6 is 12.4 Å². The van der Waals surface area contributed by atoms with E-state index in [2.05, 4.69) is 10.4 Å². The number of amides is 1. The van der Waals surface area contributed by atoms with Gasteiger partial charge >= 0.3 is 0 Å². The van der Waals surface area contributed by atoms with Gasteiger partial charge in [0.05, 0.1) is 12.2 Å². The molecule has 5 nitrogen and oxygen atoms in total. The van der Waals surface area contributed by atoms with Crippen molar-refractivity contribution >= 4 is 18.3 Å². The van der Waals surface area contributed by atoms with E-state index in [4.69, 9.17) is 5.73 Å². The first-order chi connectivity index (χ1) is 9.15. The normalized spacial score (nSPS) is 11.5. The molecule has 0 radical (unpaired) electrons. The molecule has 0 aliphatic carbocycles. The second kappa shape index (κ2) is 7.67. The number of nitrogens with zero attached hydrogens (tertiary/aromatic N) is 2. The van der Waals surface area contributed by atoms with Crippen molar-refractivity contribution < 1.29 is 4.79 Å². The van der Waals surface area contributed by atoms with Gasteiger partial charge in [0.2, 0.25) is 5.91 Å². The molecule has 1 atom stereocenters. The molecule has 1 amide bonds. The Morgan fingerprint density at radius 2 is 2.05 bits per heavy atom. The minimum atomic E-state index is -0.529. The van der Waals surface area contributed by atoms with E-state index in [0.717, 1.165) is 11.1 Å². The maximum absolute atomic E-state index is 11.9. The smallest absolute Gasteiger partial charge is 0.237 e. The van der Waals surface area contributed by atoms with E-state index in [1.165, 1.54) is 0 Å². The molecule has 0 unspecified atom stereocenters. The van der Waals surface area contributed by atoms with Crippen molar-refractivity contribution in [2.75, 3.05) is 0 Å². The largest absolute Gasteiger partial charge is 0.351 e. The number of aryl methyl sites for hydroxylation is 1. The molecule has 0 aliphatic rings. The van der Waals surface area contributed by atoms with E-state index in [1.54, 1.807) is 10.9 Å². The molecule has 108 valence electrons. The number of nitrogens with two attached hydrogens (primary N) is 1. The van der Waals surface area contributed by atoms with E-state index in [1.807, 2.05) is 43.6 Å². The maximum Gasteiger partial charge on any atom is 0.237 e. The summed E-state index contributed by atoms with van der Waals surface area (Å²) in [5.74, 6) is -0.146. The third-order valence-corrected chi connectivity index (χ3v) is 2.86. The maximum atomic E-state index is 11.9. The number of carbonyl (C=O) groups excluding carboxylic acids is 1. The molecular weight excluding hydrogens is 276 g/mol. The second-order valence-electron chi connectivity index (χ2n) is 4.54. The molecular formula is C14H19ClN4O. The third kappa shape index (κ3) is 4.68. The fourth-order valence-electron chi connectivity index (χ4n) is 1.84. The van der Waals surface area contributed by atoms with Gasteiger partial charge in [-0.05, 0) is 12.0 Å². The lowest BCUT2D eigenvalue weighted by molar-refractivity contribution is -0.122. The lowest BCUT2D eigenvalue weighted by atomic mass is 10.1. The van der Waals surface area contributed by atoms with Crippen LogP contribution < -0.4 is 11.1 Å². The molecule has 2 aromatic rings. The van der Waals surface area contributed by atoms with Crippen molar-refractivity contribution in [1.82, 2.24) is 15.1 Å². The summed E-state index contributed by atoms with van der Waals surface area (Å²) in [5, 5.41) is 6.86. The van der Waals surface area contributed by atoms with Crippen LogP contribution in [0.25, 0.3) is 0 Å². The van der Waals surface area contributed by atoms with Crippen LogP contribution in [-0.2, 0) is 24.8 Å². The summed E-state index contributed by atoms with van der Waals surface area (Å²) in [7, 11) is 1.84. The predicted octanol–water partition coefficient (Wildman–Crippen LogP) is 1.03. The quantitative estimate of drug-likeness (QED) is 0.865. The summed E-state index contributed by atoms with van der Waals surface area (Å²) in [6.45, 7) is 0.454. The Morgan fingerprint density at radius 3 is 2.65 bits per heavy atom. The fourth-order valence-corrected chi connectivity index (χ4v) is 1.84. The lowest BCUT2D eigenvalue weighted by Crippen LogP contribution is -2.41. The summed E-state index contributed by atoms with van der Waals surface area (Å²) < 4.78 is 1.70. The predicted molar refractivity (Wildman–Crippen MR) is 80.4 cm³/mol. The summed E-state index contributed by atoms with van der Waals surface area (Å²) in [6.07, 6.45) is 4.13. The van der Waals surface area contributed by atoms with Crippen molar-refractivity contribution in [3.63, 3.8) is 0 Å². The average molecular weight is 295 g/mol. The van der Waals surface area contributed by atoms with Crippen molar-refractivity contribution in [1.29, 1.82) is 0 Å². The van der Waals surface area contributed by atoms with Gasteiger partial charge in [0.25, 0.3) is 0 Å². The zero-order valence-corrected chi connectivity index (χ0v) is 12.1. The highest BCUT2D eigenvalue weighted by Gasteiger charge is 2.13. The molecule has 2 rings (SSSR count). The Bertz CT molecular complexity index is 541. The highest BCUT2D eigenvalue weighted by atomic mass is 35.5. The van der Waals surface area contributed by atoms with Crippen LogP contribution in [0.1, 0.15) is 11.1 Å². The number of rotatable bonds is 5. The van der Waals surface area contributed by atoms with Crippen molar-refractivity contribution in [3.8, 4) is 0 Å². The van der Waals surface area contributed by atoms with Crippen LogP contribution in [0, 0.1) is 0 Å². The van der Waals surface area contributed by atoms with Gasteiger partial charge in [-0.25, -0.2) is 0 Å². The Morgan fingerprint density at radius 1 is 1.35 bits per heavy atom. The summed E-state index contributed by atoms with van der Waals surface area (Å²) in [6, 6.07) is 9.23. The molecule has 0 fully saturated rings. The number of hydrogen-bond donors (Lipinski definition) is 2. The van der Waals surface area contributed by atoms with Gasteiger partial charge in [-0.15, -0.1) is 12.4 Å². The zero-order chi connectivity index (χ0) is 13.7. The van der Waals surface area contributed by atoms with Crippen LogP contribution in [0.4, 0.5) is 0 Å². The molecule has 1 aromatic heterocycles. The number of aromatic nitrogens is 2. The minimum Gasteiger partial charge on any atom is -0.351 e. The molecule has 0 aliphatic heterocycles. The molecule has 3 N–H and O–H groups in total. The van der Waals surface area contributed by atoms with Crippen LogP contribution in [0.3, 0.4) is 0 Å². The van der Waals surface area contributed by atoms with Gasteiger partial charge in [0.1, 0.15) is 0 Å². The first-order valence-corrected chi connectivity index (χ1v) is 6.20. The van der Waals surface area contributed by atoms with Crippen molar-refractivity contribution in [3.05, 3.63) is 53.9 Å². The minimum absolute atomic E-state index is 0. The van der Waals surface area contributed by atoms with Gasteiger partial charge in [-0.3, -0.25) is 9.48 Å². The Hall–Kier alpha value is -1.85. The van der Waals surface area contributed by atoms with Gasteiger partial charge < -0.3 is 11.1 Å². The fraction of sp³-hybridized carbons (Fsp3) is 0.286. The highest BCUT2D eigenvalue weighted by Crippen LogP contribution is 2.02. The molecule has 0 spiro atoms. The number of carbonyl (C=O) groups is 1. The first-order valence-electron chi connectivity index (χ1n) is 6.20. The Labute approximate surface area is 124 Å². The number of nitrogens with one attached hydrogen (secondary N) is 1. The van der Waals surface area contributed by atoms with E-state index in [9.17, 15) is 4.79 Å². The molecule has 20 heavy (non-hydrogen) atoms. The molecule has 0 bridgehead atoms. The monoisotopic (exact) mass is 294 g/mol. The van der Waals surface area contributed by atoms with Gasteiger partial charge in [-0.2, -0.15) is 5.10 Å². The highest BCUT2D eigenvalue weighted by molar-refractivity contribution is 5.85. The molecule has 1 heterocycles. The molecule has 0 saturated heterocycles. The lowest BCUT2D eigenvalue weighted by Gasteiger charge is -2.11. The SMILES string of the molecule is Cl.Cn1cc(CNC(=O)[C@@H](N)Cc2ccccc2)cn1. The van der Waals surface area contributed by atoms with E-state index < -0.39 is 6.04 Å². The van der Waals surface area contributed by atoms with Gasteiger partial charge in [0, 0.05) is 25.4 Å². The van der Waals surface area contributed by atoms with E-state index >= 15 is 0 Å². The molecule has 6 heteroatoms. The first kappa shape index (κ1) is 16.2. The number of halogens is 1. The second-order valence-corrected chi connectivity index (χ2v) is 4.54. The van der Waals surface area contributed by atoms with Crippen LogP contribution in [-0.4, -0.2) is 21.7 Å². The molecule has 0 saturated carbocycles. The number of hydrogen-bond acceptors (Lipinski definition) is 3. The standard InChI is InChI=1S/C14H18N4O.ClH/c1-18-10-12(9-17-18)8-16-14(19)13(15)7-11-5-3-2-4-6-11;/h2-6,9-10,13H,7-8,15H2,1H3,(H,16,19);1H/t13-;/m0./s1. The van der Waals surface area contributed by atoms with Gasteiger partial charge in [0.15, 0.2) is 0 Å². The molecule has 1 aromatic carbocycles. The Kier molecular flexibility index (Phi) is 6.21. The van der Waals surface area contributed by atoms with Crippen molar-refractivity contribution in [2.45, 2.75) is 19.0 Å². The van der Waals surface area contributed by atoms with Crippen LogP contribution in [0.2, 0.25) is 0 Å². The summed E-state index contributed by atoms with van der Waals surface area (Å²) in [5.41, 5.74) is 7.91. The van der Waals surface area contributed by atoms with Crippen molar-refractivity contribution in [2.24, 2.45) is 12.8 Å². The summed E-state index contributed by atoms with van der Waals surface area (Å²) >= 11 is 0. The van der Waals surface area contributed by atoms with Gasteiger partial charge in [-0.1, -0.05) is 30.3 Å². The zero-order valence-electron chi connectivity index (χ0n) is 11.3.